The molecule has 138 valence electrons. The first-order chi connectivity index (χ1) is 12.4. The van der Waals surface area contributed by atoms with Gasteiger partial charge in [-0.1, -0.05) is 48.9 Å². The summed E-state index contributed by atoms with van der Waals surface area (Å²) in [7, 11) is 0. The van der Waals surface area contributed by atoms with Crippen LogP contribution in [0, 0.1) is 5.82 Å². The van der Waals surface area contributed by atoms with Gasteiger partial charge < -0.3 is 10.2 Å². The number of halogens is 2. The highest BCUT2D eigenvalue weighted by atomic mass is 35.5. The first-order valence-electron chi connectivity index (χ1n) is 8.47. The monoisotopic (exact) mass is 376 g/mol. The van der Waals surface area contributed by atoms with Gasteiger partial charge in [0.05, 0.1) is 0 Å². The Morgan fingerprint density at radius 2 is 1.81 bits per heavy atom. The predicted molar refractivity (Wildman–Crippen MR) is 100 cm³/mol. The molecule has 0 bridgehead atoms. The molecular weight excluding hydrogens is 355 g/mol. The van der Waals surface area contributed by atoms with Crippen LogP contribution in [-0.2, 0) is 22.7 Å². The molecule has 0 saturated heterocycles. The van der Waals surface area contributed by atoms with Crippen molar-refractivity contribution in [2.45, 2.75) is 39.4 Å². The van der Waals surface area contributed by atoms with Crippen LogP contribution >= 0.6 is 11.6 Å². The quantitative estimate of drug-likeness (QED) is 0.796. The highest BCUT2D eigenvalue weighted by Crippen LogP contribution is 2.15. The molecule has 2 amide bonds. The van der Waals surface area contributed by atoms with Gasteiger partial charge >= 0.3 is 0 Å². The molecule has 2 aromatic rings. The topological polar surface area (TPSA) is 49.4 Å². The van der Waals surface area contributed by atoms with Crippen LogP contribution in [0.5, 0.6) is 0 Å². The zero-order chi connectivity index (χ0) is 19.1. The first kappa shape index (κ1) is 19.9. The number of benzene rings is 2. The van der Waals surface area contributed by atoms with E-state index in [0.29, 0.717) is 5.02 Å². The minimum Gasteiger partial charge on any atom is -0.350 e. The third-order valence-electron chi connectivity index (χ3n) is 4.15. The van der Waals surface area contributed by atoms with Gasteiger partial charge in [0.15, 0.2) is 0 Å². The molecule has 0 radical (unpaired) electrons. The van der Waals surface area contributed by atoms with Crippen LogP contribution < -0.4 is 5.32 Å². The van der Waals surface area contributed by atoms with Crippen molar-refractivity contribution in [1.29, 1.82) is 0 Å². The SMILES string of the molecule is CCC(=O)N(Cc1ccc(F)cc1)C(C)C(=O)NCc1ccccc1Cl. The van der Waals surface area contributed by atoms with Crippen molar-refractivity contribution < 1.29 is 14.0 Å². The molecule has 2 rings (SSSR count). The summed E-state index contributed by atoms with van der Waals surface area (Å²) in [4.78, 5) is 26.3. The summed E-state index contributed by atoms with van der Waals surface area (Å²) >= 11 is 6.10. The number of carbonyl (C=O) groups excluding carboxylic acids is 2. The summed E-state index contributed by atoms with van der Waals surface area (Å²) in [5.41, 5.74) is 1.57. The summed E-state index contributed by atoms with van der Waals surface area (Å²) in [6.07, 6.45) is 0.281. The van der Waals surface area contributed by atoms with Crippen LogP contribution in [-0.4, -0.2) is 22.8 Å². The minimum absolute atomic E-state index is 0.144. The molecule has 0 saturated carbocycles. The average molecular weight is 377 g/mol. The number of amides is 2. The van der Waals surface area contributed by atoms with Crippen molar-refractivity contribution in [2.24, 2.45) is 0 Å². The van der Waals surface area contributed by atoms with E-state index < -0.39 is 6.04 Å². The molecule has 0 fully saturated rings. The lowest BCUT2D eigenvalue weighted by Gasteiger charge is -2.28. The molecule has 26 heavy (non-hydrogen) atoms. The van der Waals surface area contributed by atoms with E-state index in [0.717, 1.165) is 11.1 Å². The molecule has 0 aliphatic rings. The second-order valence-corrected chi connectivity index (χ2v) is 6.39. The molecule has 1 unspecified atom stereocenters. The Bertz CT molecular complexity index is 765. The Kier molecular flexibility index (Phi) is 7.16. The highest BCUT2D eigenvalue weighted by Gasteiger charge is 2.25. The summed E-state index contributed by atoms with van der Waals surface area (Å²) in [6, 6.07) is 12.5. The van der Waals surface area contributed by atoms with Gasteiger partial charge in [-0.2, -0.15) is 0 Å². The van der Waals surface area contributed by atoms with Crippen molar-refractivity contribution in [3.05, 3.63) is 70.5 Å². The number of nitrogens with zero attached hydrogens (tertiary/aromatic N) is 1. The molecule has 6 heteroatoms. The fourth-order valence-electron chi connectivity index (χ4n) is 2.54. The molecule has 1 atom stereocenters. The normalized spacial score (nSPS) is 11.7. The van der Waals surface area contributed by atoms with Gasteiger partial charge in [-0.3, -0.25) is 9.59 Å². The van der Waals surface area contributed by atoms with E-state index in [1.807, 2.05) is 18.2 Å². The van der Waals surface area contributed by atoms with Gasteiger partial charge in [0.25, 0.3) is 0 Å². The maximum atomic E-state index is 13.1. The van der Waals surface area contributed by atoms with E-state index in [1.165, 1.54) is 17.0 Å². The third-order valence-corrected chi connectivity index (χ3v) is 4.52. The smallest absolute Gasteiger partial charge is 0.242 e. The van der Waals surface area contributed by atoms with E-state index in [9.17, 15) is 14.0 Å². The largest absolute Gasteiger partial charge is 0.350 e. The Morgan fingerprint density at radius 3 is 2.42 bits per heavy atom. The molecule has 0 aliphatic heterocycles. The van der Waals surface area contributed by atoms with Crippen molar-refractivity contribution in [3.63, 3.8) is 0 Å². The van der Waals surface area contributed by atoms with Gasteiger partial charge in [-0.25, -0.2) is 4.39 Å². The lowest BCUT2D eigenvalue weighted by Crippen LogP contribution is -2.47. The lowest BCUT2D eigenvalue weighted by molar-refractivity contribution is -0.140. The summed E-state index contributed by atoms with van der Waals surface area (Å²) in [5, 5.41) is 3.39. The highest BCUT2D eigenvalue weighted by molar-refractivity contribution is 6.31. The number of nitrogens with one attached hydrogen (secondary N) is 1. The fraction of sp³-hybridized carbons (Fsp3) is 0.300. The van der Waals surface area contributed by atoms with Crippen LogP contribution in [0.3, 0.4) is 0 Å². The Balaban J connectivity index is 2.06. The van der Waals surface area contributed by atoms with Crippen molar-refractivity contribution >= 4 is 23.4 Å². The van der Waals surface area contributed by atoms with Crippen molar-refractivity contribution in [3.8, 4) is 0 Å². The molecule has 4 nitrogen and oxygen atoms in total. The molecule has 0 aromatic heterocycles. The molecule has 0 heterocycles. The molecule has 0 aliphatic carbocycles. The molecule has 2 aromatic carbocycles. The zero-order valence-electron chi connectivity index (χ0n) is 14.8. The lowest BCUT2D eigenvalue weighted by atomic mass is 10.1. The van der Waals surface area contributed by atoms with E-state index >= 15 is 0 Å². The van der Waals surface area contributed by atoms with E-state index in [4.69, 9.17) is 11.6 Å². The van der Waals surface area contributed by atoms with Gasteiger partial charge in [0, 0.05) is 24.5 Å². The van der Waals surface area contributed by atoms with E-state index in [2.05, 4.69) is 5.32 Å². The Labute approximate surface area is 158 Å². The standard InChI is InChI=1S/C20H22ClFN2O2/c1-3-19(25)24(13-15-8-10-17(22)11-9-15)14(2)20(26)23-12-16-6-4-5-7-18(16)21/h4-11,14H,3,12-13H2,1-2H3,(H,23,26). The van der Waals surface area contributed by atoms with Gasteiger partial charge in [-0.05, 0) is 36.2 Å². The second-order valence-electron chi connectivity index (χ2n) is 5.99. The predicted octanol–water partition coefficient (Wildman–Crippen LogP) is 3.92. The third kappa shape index (κ3) is 5.30. The fourth-order valence-corrected chi connectivity index (χ4v) is 2.75. The minimum atomic E-state index is -0.657. The Hall–Kier alpha value is -2.40. The second kappa shape index (κ2) is 9.34. The number of rotatable bonds is 7. The van der Waals surface area contributed by atoms with E-state index in [-0.39, 0.29) is 37.1 Å². The van der Waals surface area contributed by atoms with Gasteiger partial charge in [0.1, 0.15) is 11.9 Å². The molecular formula is C20H22ClFN2O2. The zero-order valence-corrected chi connectivity index (χ0v) is 15.6. The first-order valence-corrected chi connectivity index (χ1v) is 8.85. The van der Waals surface area contributed by atoms with Crippen molar-refractivity contribution in [2.75, 3.05) is 0 Å². The van der Waals surface area contributed by atoms with Crippen LogP contribution in [0.1, 0.15) is 31.4 Å². The van der Waals surface area contributed by atoms with Crippen molar-refractivity contribution in [1.82, 2.24) is 10.2 Å². The summed E-state index contributed by atoms with van der Waals surface area (Å²) in [5.74, 6) is -0.754. The summed E-state index contributed by atoms with van der Waals surface area (Å²) in [6.45, 7) is 3.95. The van der Waals surface area contributed by atoms with Crippen LogP contribution in [0.15, 0.2) is 48.5 Å². The Morgan fingerprint density at radius 1 is 1.15 bits per heavy atom. The van der Waals surface area contributed by atoms with E-state index in [1.54, 1.807) is 32.0 Å². The average Bonchev–Trinajstić information content (AvgIpc) is 2.65. The van der Waals surface area contributed by atoms with Gasteiger partial charge in [0.2, 0.25) is 11.8 Å². The maximum absolute atomic E-state index is 13.1. The summed E-state index contributed by atoms with van der Waals surface area (Å²) < 4.78 is 13.1. The number of hydrogen-bond donors (Lipinski definition) is 1. The maximum Gasteiger partial charge on any atom is 0.242 e. The van der Waals surface area contributed by atoms with Gasteiger partial charge in [-0.15, -0.1) is 0 Å². The molecule has 1 N–H and O–H groups in total. The van der Waals surface area contributed by atoms with Crippen LogP contribution in [0.2, 0.25) is 5.02 Å². The van der Waals surface area contributed by atoms with Crippen LogP contribution in [0.25, 0.3) is 0 Å². The molecule has 0 spiro atoms. The van der Waals surface area contributed by atoms with Crippen LogP contribution in [0.4, 0.5) is 4.39 Å². The number of carbonyl (C=O) groups is 2. The number of hydrogen-bond acceptors (Lipinski definition) is 2.